The van der Waals surface area contributed by atoms with Crippen molar-refractivity contribution in [2.24, 2.45) is 0 Å². The van der Waals surface area contributed by atoms with Crippen molar-refractivity contribution < 1.29 is 44.8 Å². The normalized spacial score (nSPS) is 21.5. The van der Waals surface area contributed by atoms with Crippen LogP contribution in [-0.2, 0) is 24.4 Å². The molecule has 1 heterocycles. The molecule has 0 aromatic heterocycles. The van der Waals surface area contributed by atoms with Gasteiger partial charge in [-0.2, -0.15) is 17.6 Å². The predicted octanol–water partition coefficient (Wildman–Crippen LogP) is 0.482. The first kappa shape index (κ1) is 16.1. The molecule has 1 atom stereocenters. The van der Waals surface area contributed by atoms with Crippen molar-refractivity contribution in [1.82, 2.24) is 0 Å². The molecule has 1 saturated heterocycles. The molecule has 0 aromatic carbocycles. The summed E-state index contributed by atoms with van der Waals surface area (Å²) in [6.45, 7) is -0.997. The lowest BCUT2D eigenvalue weighted by molar-refractivity contribution is -0.175. The summed E-state index contributed by atoms with van der Waals surface area (Å²) in [5, 5.41) is -5.74. The maximum atomic E-state index is 12.9. The summed E-state index contributed by atoms with van der Waals surface area (Å²) in [6, 6.07) is 0. The average molecular weight is 309 g/mol. The minimum Gasteiger partial charge on any atom is -0.743 e. The maximum absolute atomic E-state index is 12.9. The summed E-state index contributed by atoms with van der Waals surface area (Å²) in [5.74, 6) is -5.90. The van der Waals surface area contributed by atoms with Gasteiger partial charge < -0.3 is 14.0 Å². The topological polar surface area (TPSA) is 92.7 Å². The van der Waals surface area contributed by atoms with Gasteiger partial charge in [-0.1, -0.05) is 0 Å². The summed E-state index contributed by atoms with van der Waals surface area (Å²) >= 11 is 0. The fourth-order valence-electron chi connectivity index (χ4n) is 1.29. The molecule has 0 saturated carbocycles. The van der Waals surface area contributed by atoms with Crippen LogP contribution in [0.1, 0.15) is 12.8 Å². The third kappa shape index (κ3) is 3.34. The number of rotatable bonds is 6. The number of esters is 1. The van der Waals surface area contributed by atoms with Crippen LogP contribution in [0.5, 0.6) is 0 Å². The second-order valence-corrected chi connectivity index (χ2v) is 5.16. The van der Waals surface area contributed by atoms with Crippen LogP contribution >= 0.6 is 0 Å². The van der Waals surface area contributed by atoms with Crippen LogP contribution < -0.4 is 0 Å². The van der Waals surface area contributed by atoms with Crippen LogP contribution in [0.25, 0.3) is 0 Å². The third-order valence-electron chi connectivity index (χ3n) is 2.36. The lowest BCUT2D eigenvalue weighted by atomic mass is 10.2. The van der Waals surface area contributed by atoms with Crippen molar-refractivity contribution in [1.29, 1.82) is 0 Å². The quantitative estimate of drug-likeness (QED) is 0.402. The Morgan fingerprint density at radius 3 is 2.37 bits per heavy atom. The summed E-state index contributed by atoms with van der Waals surface area (Å²) in [6.07, 6.45) is -2.78. The van der Waals surface area contributed by atoms with Crippen molar-refractivity contribution in [3.05, 3.63) is 0 Å². The van der Waals surface area contributed by atoms with Crippen molar-refractivity contribution >= 4 is 16.1 Å². The van der Waals surface area contributed by atoms with Gasteiger partial charge in [-0.15, -0.1) is 0 Å². The van der Waals surface area contributed by atoms with Gasteiger partial charge in [-0.05, 0) is 0 Å². The Kier molecular flexibility index (Phi) is 4.42. The summed E-state index contributed by atoms with van der Waals surface area (Å²) in [5.41, 5.74) is 0. The lowest BCUT2D eigenvalue weighted by Crippen LogP contribution is -2.47. The molecule has 0 radical (unpaired) electrons. The number of ether oxygens (including phenoxy) is 2. The first-order valence-corrected chi connectivity index (χ1v) is 6.39. The largest absolute Gasteiger partial charge is 0.743 e. The van der Waals surface area contributed by atoms with E-state index in [-0.39, 0.29) is 13.0 Å². The average Bonchev–Trinajstić information content (AvgIpc) is 2.62. The Balaban J connectivity index is 2.58. The number of cyclic esters (lactones) is 1. The van der Waals surface area contributed by atoms with Crippen LogP contribution in [0.4, 0.5) is 17.6 Å². The standard InChI is InChI=1S/C8H10F4O6S/c9-7(10,8(11,12)19(14,15)16)2-4-17-5-1-3-18-6(5)13/h5H,1-4H2,(H,14,15,16)/p-1. The summed E-state index contributed by atoms with van der Waals surface area (Å²) < 4.78 is 90.5. The van der Waals surface area contributed by atoms with Gasteiger partial charge in [0.2, 0.25) is 0 Å². The third-order valence-corrected chi connectivity index (χ3v) is 3.29. The summed E-state index contributed by atoms with van der Waals surface area (Å²) in [4.78, 5) is 10.9. The maximum Gasteiger partial charge on any atom is 0.396 e. The van der Waals surface area contributed by atoms with Crippen LogP contribution in [0.2, 0.25) is 0 Å². The Morgan fingerprint density at radius 2 is 1.95 bits per heavy atom. The molecule has 11 heteroatoms. The highest BCUT2D eigenvalue weighted by atomic mass is 32.2. The number of carbonyl (C=O) groups is 1. The fourth-order valence-corrected chi connectivity index (χ4v) is 1.75. The second kappa shape index (κ2) is 5.21. The number of alkyl halides is 4. The van der Waals surface area contributed by atoms with E-state index in [1.807, 2.05) is 0 Å². The number of hydrogen-bond donors (Lipinski definition) is 0. The van der Waals surface area contributed by atoms with E-state index in [0.29, 0.717) is 0 Å². The molecule has 19 heavy (non-hydrogen) atoms. The molecule has 1 unspecified atom stereocenters. The molecule has 6 nitrogen and oxygen atoms in total. The van der Waals surface area contributed by atoms with E-state index in [2.05, 4.69) is 9.47 Å². The fraction of sp³-hybridized carbons (Fsp3) is 0.875. The predicted molar refractivity (Wildman–Crippen MR) is 49.5 cm³/mol. The zero-order valence-corrected chi connectivity index (χ0v) is 10.1. The molecular formula is C8H9F4O6S-. The molecule has 0 aliphatic carbocycles. The molecule has 0 aromatic rings. The molecule has 0 bridgehead atoms. The lowest BCUT2D eigenvalue weighted by Gasteiger charge is -2.28. The van der Waals surface area contributed by atoms with Crippen molar-refractivity contribution in [2.75, 3.05) is 13.2 Å². The van der Waals surface area contributed by atoms with E-state index in [9.17, 15) is 35.3 Å². The minimum atomic E-state index is -6.50. The van der Waals surface area contributed by atoms with E-state index in [1.165, 1.54) is 0 Å². The van der Waals surface area contributed by atoms with Crippen LogP contribution in [0.3, 0.4) is 0 Å². The van der Waals surface area contributed by atoms with Gasteiger partial charge in [0.25, 0.3) is 0 Å². The highest BCUT2D eigenvalue weighted by molar-refractivity contribution is 7.86. The highest BCUT2D eigenvalue weighted by Gasteiger charge is 2.61. The molecule has 1 aliphatic heterocycles. The molecule has 1 fully saturated rings. The molecule has 0 N–H and O–H groups in total. The van der Waals surface area contributed by atoms with Gasteiger partial charge >= 0.3 is 17.1 Å². The van der Waals surface area contributed by atoms with Crippen molar-refractivity contribution in [3.63, 3.8) is 0 Å². The van der Waals surface area contributed by atoms with Crippen molar-refractivity contribution in [2.45, 2.75) is 30.1 Å². The molecular weight excluding hydrogens is 300 g/mol. The zero-order chi connectivity index (χ0) is 14.9. The van der Waals surface area contributed by atoms with Gasteiger partial charge in [0.15, 0.2) is 16.2 Å². The Labute approximate surface area is 105 Å². The van der Waals surface area contributed by atoms with Gasteiger partial charge in [0, 0.05) is 12.8 Å². The number of halogens is 4. The van der Waals surface area contributed by atoms with E-state index in [0.717, 1.165) is 0 Å². The SMILES string of the molecule is O=C1OCCC1OCCC(F)(F)C(F)(F)S(=O)(=O)[O-]. The summed E-state index contributed by atoms with van der Waals surface area (Å²) in [7, 11) is -6.50. The van der Waals surface area contributed by atoms with Crippen LogP contribution in [0.15, 0.2) is 0 Å². The van der Waals surface area contributed by atoms with Gasteiger partial charge in [0.05, 0.1) is 13.2 Å². The van der Waals surface area contributed by atoms with E-state index >= 15 is 0 Å². The Hall–Kier alpha value is -0.940. The van der Waals surface area contributed by atoms with Crippen LogP contribution in [0, 0.1) is 0 Å². The molecule has 0 amide bonds. The Bertz CT molecular complexity index is 448. The van der Waals surface area contributed by atoms with Gasteiger partial charge in [0.1, 0.15) is 0 Å². The van der Waals surface area contributed by atoms with E-state index in [1.54, 1.807) is 0 Å². The minimum absolute atomic E-state index is 0.0188. The first-order valence-electron chi connectivity index (χ1n) is 4.98. The van der Waals surface area contributed by atoms with E-state index in [4.69, 9.17) is 0 Å². The monoisotopic (exact) mass is 309 g/mol. The smallest absolute Gasteiger partial charge is 0.396 e. The van der Waals surface area contributed by atoms with Gasteiger partial charge in [-0.25, -0.2) is 13.2 Å². The molecule has 1 aliphatic rings. The molecule has 0 spiro atoms. The Morgan fingerprint density at radius 1 is 1.37 bits per heavy atom. The van der Waals surface area contributed by atoms with Crippen LogP contribution in [-0.4, -0.2) is 49.4 Å². The zero-order valence-electron chi connectivity index (χ0n) is 9.28. The van der Waals surface area contributed by atoms with Crippen molar-refractivity contribution in [3.8, 4) is 0 Å². The first-order chi connectivity index (χ1) is 8.49. The van der Waals surface area contributed by atoms with E-state index < -0.39 is 46.4 Å². The highest BCUT2D eigenvalue weighted by Crippen LogP contribution is 2.40. The van der Waals surface area contributed by atoms with Gasteiger partial charge in [-0.3, -0.25) is 0 Å². The second-order valence-electron chi connectivity index (χ2n) is 3.74. The molecule has 112 valence electrons. The number of hydrogen-bond acceptors (Lipinski definition) is 6. The number of carbonyl (C=O) groups excluding carboxylic acids is 1. The molecule has 1 rings (SSSR count).